The van der Waals surface area contributed by atoms with E-state index in [4.69, 9.17) is 10.5 Å². The van der Waals surface area contributed by atoms with Crippen molar-refractivity contribution < 1.29 is 18.7 Å². The molecule has 1 heterocycles. The maximum atomic E-state index is 12.8. The Morgan fingerprint density at radius 2 is 2.08 bits per heavy atom. The number of carbonyl (C=O) groups excluding carboxylic acids is 2. The fraction of sp³-hybridized carbons (Fsp3) is 0.529. The van der Waals surface area contributed by atoms with Crippen LogP contribution in [0.15, 0.2) is 24.3 Å². The van der Waals surface area contributed by atoms with Gasteiger partial charge in [-0.3, -0.25) is 14.5 Å². The highest BCUT2D eigenvalue weighted by Crippen LogP contribution is 2.22. The van der Waals surface area contributed by atoms with Gasteiger partial charge in [0, 0.05) is 39.1 Å². The molecule has 1 aromatic carbocycles. The molecule has 2 atom stereocenters. The van der Waals surface area contributed by atoms with Crippen molar-refractivity contribution in [1.29, 1.82) is 0 Å². The highest BCUT2D eigenvalue weighted by molar-refractivity contribution is 5.78. The SMILES string of the molecule is CO[C@@H]1CCN(CC(=O)NCc2ccc(F)cc2)C[C@H]1CC(N)=O. The minimum atomic E-state index is -0.357. The average molecular weight is 337 g/mol. The summed E-state index contributed by atoms with van der Waals surface area (Å²) < 4.78 is 18.3. The monoisotopic (exact) mass is 337 g/mol. The number of methoxy groups -OCH3 is 1. The largest absolute Gasteiger partial charge is 0.381 e. The van der Waals surface area contributed by atoms with Gasteiger partial charge in [0.25, 0.3) is 0 Å². The van der Waals surface area contributed by atoms with E-state index in [-0.39, 0.29) is 42.6 Å². The number of piperidine rings is 1. The second-order valence-corrected chi connectivity index (χ2v) is 6.13. The van der Waals surface area contributed by atoms with Crippen molar-refractivity contribution in [3.05, 3.63) is 35.6 Å². The fourth-order valence-corrected chi connectivity index (χ4v) is 3.06. The van der Waals surface area contributed by atoms with Crippen molar-refractivity contribution in [3.63, 3.8) is 0 Å². The normalized spacial score (nSPS) is 21.4. The lowest BCUT2D eigenvalue weighted by Crippen LogP contribution is -2.48. The van der Waals surface area contributed by atoms with Crippen molar-refractivity contribution in [2.75, 3.05) is 26.7 Å². The lowest BCUT2D eigenvalue weighted by atomic mass is 9.91. The van der Waals surface area contributed by atoms with Gasteiger partial charge in [-0.15, -0.1) is 0 Å². The zero-order valence-electron chi connectivity index (χ0n) is 13.8. The van der Waals surface area contributed by atoms with Crippen molar-refractivity contribution in [2.45, 2.75) is 25.5 Å². The van der Waals surface area contributed by atoms with Gasteiger partial charge in [-0.25, -0.2) is 4.39 Å². The molecule has 1 saturated heterocycles. The fourth-order valence-electron chi connectivity index (χ4n) is 3.06. The van der Waals surface area contributed by atoms with Crippen LogP contribution >= 0.6 is 0 Å². The Kier molecular flexibility index (Phi) is 6.69. The molecule has 0 saturated carbocycles. The molecule has 3 N–H and O–H groups in total. The van der Waals surface area contributed by atoms with Crippen LogP contribution in [0.2, 0.25) is 0 Å². The third kappa shape index (κ3) is 5.58. The van der Waals surface area contributed by atoms with Crippen LogP contribution < -0.4 is 11.1 Å². The molecule has 1 aliphatic rings. The zero-order chi connectivity index (χ0) is 17.5. The lowest BCUT2D eigenvalue weighted by molar-refractivity contribution is -0.124. The molecule has 6 nitrogen and oxygen atoms in total. The molecular formula is C17H24FN3O3. The molecule has 0 radical (unpaired) electrons. The number of likely N-dealkylation sites (tertiary alicyclic amines) is 1. The first-order valence-electron chi connectivity index (χ1n) is 8.02. The molecule has 7 heteroatoms. The Morgan fingerprint density at radius 1 is 1.38 bits per heavy atom. The summed E-state index contributed by atoms with van der Waals surface area (Å²) in [6.45, 7) is 1.95. The summed E-state index contributed by atoms with van der Waals surface area (Å²) in [5, 5.41) is 2.82. The van der Waals surface area contributed by atoms with Gasteiger partial charge >= 0.3 is 0 Å². The Bertz CT molecular complexity index is 565. The van der Waals surface area contributed by atoms with Crippen LogP contribution in [0.25, 0.3) is 0 Å². The summed E-state index contributed by atoms with van der Waals surface area (Å²) in [6, 6.07) is 6.02. The number of benzene rings is 1. The van der Waals surface area contributed by atoms with Gasteiger partial charge in [-0.05, 0) is 24.1 Å². The maximum absolute atomic E-state index is 12.8. The van der Waals surface area contributed by atoms with Crippen LogP contribution in [-0.4, -0.2) is 49.6 Å². The van der Waals surface area contributed by atoms with E-state index in [1.165, 1.54) is 12.1 Å². The van der Waals surface area contributed by atoms with E-state index in [0.717, 1.165) is 18.5 Å². The van der Waals surface area contributed by atoms with Crippen molar-refractivity contribution in [2.24, 2.45) is 11.7 Å². The Balaban J connectivity index is 1.80. The summed E-state index contributed by atoms with van der Waals surface area (Å²) in [7, 11) is 1.63. The number of hydrogen-bond donors (Lipinski definition) is 2. The average Bonchev–Trinajstić information content (AvgIpc) is 2.54. The van der Waals surface area contributed by atoms with E-state index in [1.807, 2.05) is 4.90 Å². The Hall–Kier alpha value is -1.99. The van der Waals surface area contributed by atoms with E-state index < -0.39 is 0 Å². The number of nitrogens with one attached hydrogen (secondary N) is 1. The van der Waals surface area contributed by atoms with Crippen LogP contribution in [0.5, 0.6) is 0 Å². The molecule has 1 aromatic rings. The first kappa shape index (κ1) is 18.4. The molecule has 1 fully saturated rings. The first-order chi connectivity index (χ1) is 11.5. The standard InChI is InChI=1S/C17H24FN3O3/c1-24-15-6-7-21(10-13(15)8-16(19)22)11-17(23)20-9-12-2-4-14(18)5-3-12/h2-5,13,15H,6-11H2,1H3,(H2,19,22)(H,20,23)/t13-,15-/m1/s1. The number of ether oxygens (including phenoxy) is 1. The van der Waals surface area contributed by atoms with Crippen molar-refractivity contribution in [1.82, 2.24) is 10.2 Å². The minimum Gasteiger partial charge on any atom is -0.381 e. The van der Waals surface area contributed by atoms with Gasteiger partial charge < -0.3 is 15.8 Å². The number of halogens is 1. The maximum Gasteiger partial charge on any atom is 0.234 e. The molecule has 132 valence electrons. The highest BCUT2D eigenvalue weighted by atomic mass is 19.1. The third-order valence-corrected chi connectivity index (χ3v) is 4.28. The number of hydrogen-bond acceptors (Lipinski definition) is 4. The van der Waals surface area contributed by atoms with Gasteiger partial charge in [0.05, 0.1) is 12.6 Å². The van der Waals surface area contributed by atoms with Gasteiger partial charge in [0.2, 0.25) is 11.8 Å². The second-order valence-electron chi connectivity index (χ2n) is 6.13. The van der Waals surface area contributed by atoms with Crippen LogP contribution in [0.4, 0.5) is 4.39 Å². The lowest BCUT2D eigenvalue weighted by Gasteiger charge is -2.37. The van der Waals surface area contributed by atoms with E-state index >= 15 is 0 Å². The summed E-state index contributed by atoms with van der Waals surface area (Å²) in [5.41, 5.74) is 6.13. The molecular weight excluding hydrogens is 313 g/mol. The van der Waals surface area contributed by atoms with Gasteiger partial charge in [-0.1, -0.05) is 12.1 Å². The van der Waals surface area contributed by atoms with E-state index in [0.29, 0.717) is 13.1 Å². The zero-order valence-corrected chi connectivity index (χ0v) is 13.8. The molecule has 0 unspecified atom stereocenters. The molecule has 0 aromatic heterocycles. The van der Waals surface area contributed by atoms with Gasteiger partial charge in [-0.2, -0.15) is 0 Å². The molecule has 2 rings (SSSR count). The molecule has 0 aliphatic carbocycles. The van der Waals surface area contributed by atoms with Crippen LogP contribution in [0, 0.1) is 11.7 Å². The predicted molar refractivity (Wildman–Crippen MR) is 87.4 cm³/mol. The molecule has 24 heavy (non-hydrogen) atoms. The number of nitrogens with two attached hydrogens (primary N) is 1. The van der Waals surface area contributed by atoms with E-state index in [1.54, 1.807) is 19.2 Å². The van der Waals surface area contributed by atoms with E-state index in [9.17, 15) is 14.0 Å². The molecule has 2 amide bonds. The van der Waals surface area contributed by atoms with Crippen molar-refractivity contribution >= 4 is 11.8 Å². The van der Waals surface area contributed by atoms with Crippen LogP contribution in [-0.2, 0) is 20.9 Å². The topological polar surface area (TPSA) is 84.7 Å². The smallest absolute Gasteiger partial charge is 0.234 e. The molecule has 1 aliphatic heterocycles. The molecule has 0 spiro atoms. The number of primary amides is 1. The summed E-state index contributed by atoms with van der Waals surface area (Å²) in [4.78, 5) is 25.3. The third-order valence-electron chi connectivity index (χ3n) is 4.28. The van der Waals surface area contributed by atoms with Gasteiger partial charge in [0.15, 0.2) is 0 Å². The van der Waals surface area contributed by atoms with Crippen molar-refractivity contribution in [3.8, 4) is 0 Å². The Labute approximate surface area is 141 Å². The highest BCUT2D eigenvalue weighted by Gasteiger charge is 2.31. The number of rotatable bonds is 7. The van der Waals surface area contributed by atoms with Crippen LogP contribution in [0.3, 0.4) is 0 Å². The van der Waals surface area contributed by atoms with E-state index in [2.05, 4.69) is 5.32 Å². The number of amides is 2. The predicted octanol–water partition coefficient (Wildman–Crippen LogP) is 0.654. The quantitative estimate of drug-likeness (QED) is 0.765. The number of carbonyl (C=O) groups is 2. The summed E-state index contributed by atoms with van der Waals surface area (Å²) >= 11 is 0. The first-order valence-corrected chi connectivity index (χ1v) is 8.02. The number of nitrogens with zero attached hydrogens (tertiary/aromatic N) is 1. The molecule has 0 bridgehead atoms. The van der Waals surface area contributed by atoms with Gasteiger partial charge in [0.1, 0.15) is 5.82 Å². The van der Waals surface area contributed by atoms with Crippen LogP contribution in [0.1, 0.15) is 18.4 Å². The minimum absolute atomic E-state index is 0.00368. The summed E-state index contributed by atoms with van der Waals surface area (Å²) in [5.74, 6) is -0.754. The second kappa shape index (κ2) is 8.75. The summed E-state index contributed by atoms with van der Waals surface area (Å²) in [6.07, 6.45) is 1.02. The Morgan fingerprint density at radius 3 is 2.71 bits per heavy atom.